The zero-order valence-corrected chi connectivity index (χ0v) is 10.8. The Kier molecular flexibility index (Phi) is 2.74. The SMILES string of the molecule is CC(=O)c1cc(-c2ccc3c(c2)OCCO3)n(C)n1. The Morgan fingerprint density at radius 1 is 1.21 bits per heavy atom. The van der Waals surface area contributed by atoms with Crippen molar-refractivity contribution in [3.63, 3.8) is 0 Å². The molecule has 0 atom stereocenters. The molecule has 0 spiro atoms. The first kappa shape index (κ1) is 11.8. The summed E-state index contributed by atoms with van der Waals surface area (Å²) in [6.45, 7) is 2.64. The second-order valence-electron chi connectivity index (χ2n) is 4.45. The molecule has 98 valence electrons. The van der Waals surface area contributed by atoms with Crippen LogP contribution in [0.4, 0.5) is 0 Å². The highest BCUT2D eigenvalue weighted by molar-refractivity contribution is 5.93. The highest BCUT2D eigenvalue weighted by atomic mass is 16.6. The van der Waals surface area contributed by atoms with Crippen molar-refractivity contribution >= 4 is 5.78 Å². The number of hydrogen-bond acceptors (Lipinski definition) is 4. The van der Waals surface area contributed by atoms with Crippen LogP contribution in [0.3, 0.4) is 0 Å². The third-order valence-electron chi connectivity index (χ3n) is 3.08. The number of aromatic nitrogens is 2. The van der Waals surface area contributed by atoms with Crippen molar-refractivity contribution in [3.05, 3.63) is 30.0 Å². The number of rotatable bonds is 2. The van der Waals surface area contributed by atoms with E-state index in [1.165, 1.54) is 6.92 Å². The molecular formula is C14H14N2O3. The molecule has 0 radical (unpaired) electrons. The molecule has 0 saturated heterocycles. The summed E-state index contributed by atoms with van der Waals surface area (Å²) in [6, 6.07) is 7.52. The molecule has 1 aliphatic heterocycles. The summed E-state index contributed by atoms with van der Waals surface area (Å²) in [5.74, 6) is 1.44. The van der Waals surface area contributed by atoms with E-state index in [0.717, 1.165) is 22.8 Å². The van der Waals surface area contributed by atoms with Crippen LogP contribution < -0.4 is 9.47 Å². The Balaban J connectivity index is 2.04. The number of hydrogen-bond donors (Lipinski definition) is 0. The van der Waals surface area contributed by atoms with Gasteiger partial charge in [-0.1, -0.05) is 0 Å². The van der Waals surface area contributed by atoms with Crippen molar-refractivity contribution in [1.82, 2.24) is 9.78 Å². The second kappa shape index (κ2) is 4.42. The monoisotopic (exact) mass is 258 g/mol. The van der Waals surface area contributed by atoms with Crippen LogP contribution in [-0.2, 0) is 7.05 Å². The smallest absolute Gasteiger partial charge is 0.180 e. The summed E-state index contributed by atoms with van der Waals surface area (Å²) in [5.41, 5.74) is 2.29. The number of Topliss-reactive ketones (excluding diaryl/α,β-unsaturated/α-hetero) is 1. The van der Waals surface area contributed by atoms with E-state index < -0.39 is 0 Å². The Morgan fingerprint density at radius 2 is 1.95 bits per heavy atom. The van der Waals surface area contributed by atoms with Gasteiger partial charge in [0, 0.05) is 19.5 Å². The zero-order chi connectivity index (χ0) is 13.4. The number of aryl methyl sites for hydroxylation is 1. The van der Waals surface area contributed by atoms with E-state index in [1.807, 2.05) is 25.2 Å². The average molecular weight is 258 g/mol. The van der Waals surface area contributed by atoms with Crippen LogP contribution >= 0.6 is 0 Å². The highest BCUT2D eigenvalue weighted by Gasteiger charge is 2.15. The number of nitrogens with zero attached hydrogens (tertiary/aromatic N) is 2. The lowest BCUT2D eigenvalue weighted by Crippen LogP contribution is -2.15. The molecular weight excluding hydrogens is 244 g/mol. The summed E-state index contributed by atoms with van der Waals surface area (Å²) < 4.78 is 12.7. The molecule has 5 nitrogen and oxygen atoms in total. The van der Waals surface area contributed by atoms with E-state index in [9.17, 15) is 4.79 Å². The lowest BCUT2D eigenvalue weighted by atomic mass is 10.1. The van der Waals surface area contributed by atoms with Crippen LogP contribution in [0.2, 0.25) is 0 Å². The zero-order valence-electron chi connectivity index (χ0n) is 10.8. The Morgan fingerprint density at radius 3 is 2.63 bits per heavy atom. The maximum atomic E-state index is 11.4. The van der Waals surface area contributed by atoms with E-state index in [1.54, 1.807) is 10.7 Å². The molecule has 2 heterocycles. The van der Waals surface area contributed by atoms with E-state index in [0.29, 0.717) is 18.9 Å². The fourth-order valence-electron chi connectivity index (χ4n) is 2.11. The van der Waals surface area contributed by atoms with Crippen LogP contribution in [-0.4, -0.2) is 28.8 Å². The number of ketones is 1. The van der Waals surface area contributed by atoms with Crippen LogP contribution in [0.1, 0.15) is 17.4 Å². The highest BCUT2D eigenvalue weighted by Crippen LogP contribution is 2.34. The lowest BCUT2D eigenvalue weighted by Gasteiger charge is -2.18. The van der Waals surface area contributed by atoms with Gasteiger partial charge in [0.25, 0.3) is 0 Å². The predicted octanol–water partition coefficient (Wildman–Crippen LogP) is 2.06. The normalized spacial score (nSPS) is 13.4. The van der Waals surface area contributed by atoms with Gasteiger partial charge in [-0.25, -0.2) is 0 Å². The van der Waals surface area contributed by atoms with Crippen LogP contribution in [0.25, 0.3) is 11.3 Å². The fraction of sp³-hybridized carbons (Fsp3) is 0.286. The van der Waals surface area contributed by atoms with Crippen LogP contribution in [0, 0.1) is 0 Å². The molecule has 0 fully saturated rings. The first-order valence-electron chi connectivity index (χ1n) is 6.10. The van der Waals surface area contributed by atoms with Crippen LogP contribution in [0.5, 0.6) is 11.5 Å². The molecule has 0 bridgehead atoms. The van der Waals surface area contributed by atoms with Gasteiger partial charge in [0.05, 0.1) is 5.69 Å². The minimum Gasteiger partial charge on any atom is -0.486 e. The van der Waals surface area contributed by atoms with Gasteiger partial charge in [-0.15, -0.1) is 0 Å². The molecule has 5 heteroatoms. The Bertz CT molecular complexity index is 646. The van der Waals surface area contributed by atoms with Crippen molar-refractivity contribution in [2.75, 3.05) is 13.2 Å². The molecule has 2 aromatic rings. The molecule has 0 unspecified atom stereocenters. The number of benzene rings is 1. The third-order valence-corrected chi connectivity index (χ3v) is 3.08. The fourth-order valence-corrected chi connectivity index (χ4v) is 2.11. The Labute approximate surface area is 110 Å². The third kappa shape index (κ3) is 2.07. The van der Waals surface area contributed by atoms with Gasteiger partial charge in [-0.05, 0) is 24.3 Å². The van der Waals surface area contributed by atoms with Gasteiger partial charge < -0.3 is 9.47 Å². The molecule has 0 amide bonds. The van der Waals surface area contributed by atoms with Crippen molar-refractivity contribution < 1.29 is 14.3 Å². The number of carbonyl (C=O) groups is 1. The summed E-state index contributed by atoms with van der Waals surface area (Å²) >= 11 is 0. The minimum atomic E-state index is -0.0422. The molecule has 0 saturated carbocycles. The van der Waals surface area contributed by atoms with E-state index >= 15 is 0 Å². The minimum absolute atomic E-state index is 0.0422. The van der Waals surface area contributed by atoms with Crippen LogP contribution in [0.15, 0.2) is 24.3 Å². The summed E-state index contributed by atoms with van der Waals surface area (Å²) in [5, 5.41) is 4.19. The lowest BCUT2D eigenvalue weighted by molar-refractivity contribution is 0.101. The quantitative estimate of drug-likeness (QED) is 0.774. The first-order chi connectivity index (χ1) is 9.15. The summed E-state index contributed by atoms with van der Waals surface area (Å²) in [6.07, 6.45) is 0. The summed E-state index contributed by atoms with van der Waals surface area (Å²) in [7, 11) is 1.82. The topological polar surface area (TPSA) is 53.4 Å². The number of ether oxygens (including phenoxy) is 2. The van der Waals surface area contributed by atoms with Crippen molar-refractivity contribution in [1.29, 1.82) is 0 Å². The van der Waals surface area contributed by atoms with Gasteiger partial charge in [-0.3, -0.25) is 9.48 Å². The predicted molar refractivity (Wildman–Crippen MR) is 69.6 cm³/mol. The van der Waals surface area contributed by atoms with Gasteiger partial charge >= 0.3 is 0 Å². The molecule has 1 aromatic carbocycles. The van der Waals surface area contributed by atoms with Gasteiger partial charge in [0.2, 0.25) is 0 Å². The average Bonchev–Trinajstić information content (AvgIpc) is 2.80. The standard InChI is InChI=1S/C14H14N2O3/c1-9(17)11-8-12(16(2)15-11)10-3-4-13-14(7-10)19-6-5-18-13/h3-4,7-8H,5-6H2,1-2H3. The van der Waals surface area contributed by atoms with Gasteiger partial charge in [0.15, 0.2) is 17.3 Å². The second-order valence-corrected chi connectivity index (χ2v) is 4.45. The van der Waals surface area contributed by atoms with E-state index in [4.69, 9.17) is 9.47 Å². The van der Waals surface area contributed by atoms with Crippen molar-refractivity contribution in [2.24, 2.45) is 7.05 Å². The molecule has 19 heavy (non-hydrogen) atoms. The van der Waals surface area contributed by atoms with Gasteiger partial charge in [0.1, 0.15) is 18.9 Å². The summed E-state index contributed by atoms with van der Waals surface area (Å²) in [4.78, 5) is 11.4. The largest absolute Gasteiger partial charge is 0.486 e. The maximum absolute atomic E-state index is 11.4. The molecule has 3 rings (SSSR count). The van der Waals surface area contributed by atoms with Crippen molar-refractivity contribution in [2.45, 2.75) is 6.92 Å². The first-order valence-corrected chi connectivity index (χ1v) is 6.10. The van der Waals surface area contributed by atoms with Gasteiger partial charge in [-0.2, -0.15) is 5.10 Å². The van der Waals surface area contributed by atoms with Crippen molar-refractivity contribution in [3.8, 4) is 22.8 Å². The van der Waals surface area contributed by atoms with E-state index in [-0.39, 0.29) is 5.78 Å². The maximum Gasteiger partial charge on any atom is 0.180 e. The number of fused-ring (bicyclic) bond motifs is 1. The molecule has 1 aromatic heterocycles. The molecule has 0 N–H and O–H groups in total. The molecule has 0 aliphatic carbocycles. The van der Waals surface area contributed by atoms with E-state index in [2.05, 4.69) is 5.10 Å². The molecule has 1 aliphatic rings. The Hall–Kier alpha value is -2.30. The number of carbonyl (C=O) groups excluding carboxylic acids is 1.